The maximum Gasteiger partial charge on any atom is 0.123 e. The lowest BCUT2D eigenvalue weighted by Crippen LogP contribution is -2.14. The minimum absolute atomic E-state index is 0.152. The van der Waals surface area contributed by atoms with Gasteiger partial charge in [0.15, 0.2) is 0 Å². The Kier molecular flexibility index (Phi) is 3.68. The van der Waals surface area contributed by atoms with E-state index in [1.54, 1.807) is 7.11 Å². The van der Waals surface area contributed by atoms with E-state index in [4.69, 9.17) is 10.5 Å². The number of benzene rings is 2. The van der Waals surface area contributed by atoms with Crippen LogP contribution in [0.2, 0.25) is 0 Å². The van der Waals surface area contributed by atoms with E-state index in [-0.39, 0.29) is 6.04 Å². The van der Waals surface area contributed by atoms with Crippen molar-refractivity contribution in [3.8, 4) is 5.75 Å². The average molecular weight is 241 g/mol. The fraction of sp³-hybridized carbons (Fsp3) is 0.250. The van der Waals surface area contributed by atoms with E-state index in [9.17, 15) is 0 Å². The van der Waals surface area contributed by atoms with E-state index in [0.717, 1.165) is 16.9 Å². The largest absolute Gasteiger partial charge is 0.496 e. The Bertz CT molecular complexity index is 549. The standard InChI is InChI=1S/C16H19NO/c1-11-8-9-12(2)14(10-11)16(17)13-6-4-5-7-15(13)18-3/h4-10,16H,17H2,1-3H3. The summed E-state index contributed by atoms with van der Waals surface area (Å²) in [5.41, 5.74) is 11.0. The number of hydrogen-bond donors (Lipinski definition) is 1. The SMILES string of the molecule is COc1ccccc1C(N)c1cc(C)ccc1C. The molecule has 1 atom stereocenters. The van der Waals surface area contributed by atoms with Gasteiger partial charge < -0.3 is 10.5 Å². The zero-order valence-corrected chi connectivity index (χ0v) is 11.1. The van der Waals surface area contributed by atoms with Crippen LogP contribution in [0.5, 0.6) is 5.75 Å². The highest BCUT2D eigenvalue weighted by Gasteiger charge is 2.15. The van der Waals surface area contributed by atoms with Gasteiger partial charge in [-0.3, -0.25) is 0 Å². The lowest BCUT2D eigenvalue weighted by atomic mass is 9.94. The Balaban J connectivity index is 2.47. The minimum Gasteiger partial charge on any atom is -0.496 e. The van der Waals surface area contributed by atoms with Gasteiger partial charge in [0.2, 0.25) is 0 Å². The van der Waals surface area contributed by atoms with Gasteiger partial charge in [-0.2, -0.15) is 0 Å². The predicted octanol–water partition coefficient (Wildman–Crippen LogP) is 3.36. The molecule has 18 heavy (non-hydrogen) atoms. The minimum atomic E-state index is -0.152. The van der Waals surface area contributed by atoms with Crippen LogP contribution in [-0.4, -0.2) is 7.11 Å². The lowest BCUT2D eigenvalue weighted by molar-refractivity contribution is 0.408. The van der Waals surface area contributed by atoms with Crippen molar-refractivity contribution >= 4 is 0 Å². The van der Waals surface area contributed by atoms with E-state index >= 15 is 0 Å². The molecule has 0 radical (unpaired) electrons. The first-order chi connectivity index (χ1) is 8.63. The molecular formula is C16H19NO. The van der Waals surface area contributed by atoms with Gasteiger partial charge in [0.05, 0.1) is 13.2 Å². The Labute approximate surface area is 108 Å². The second-order valence-electron chi connectivity index (χ2n) is 4.58. The summed E-state index contributed by atoms with van der Waals surface area (Å²) in [6.07, 6.45) is 0. The highest BCUT2D eigenvalue weighted by atomic mass is 16.5. The predicted molar refractivity (Wildman–Crippen MR) is 74.9 cm³/mol. The molecule has 0 amide bonds. The molecule has 0 aliphatic rings. The van der Waals surface area contributed by atoms with E-state index in [1.165, 1.54) is 11.1 Å². The summed E-state index contributed by atoms with van der Waals surface area (Å²) in [5.74, 6) is 0.839. The topological polar surface area (TPSA) is 35.2 Å². The first-order valence-electron chi connectivity index (χ1n) is 6.09. The van der Waals surface area contributed by atoms with Gasteiger partial charge in [-0.15, -0.1) is 0 Å². The van der Waals surface area contributed by atoms with Gasteiger partial charge in [-0.05, 0) is 31.0 Å². The van der Waals surface area contributed by atoms with Crippen LogP contribution < -0.4 is 10.5 Å². The normalized spacial score (nSPS) is 12.2. The van der Waals surface area contributed by atoms with Crippen LogP contribution in [0.25, 0.3) is 0 Å². The van der Waals surface area contributed by atoms with Gasteiger partial charge in [-0.1, -0.05) is 42.0 Å². The molecule has 0 saturated carbocycles. The summed E-state index contributed by atoms with van der Waals surface area (Å²) in [4.78, 5) is 0. The first-order valence-corrected chi connectivity index (χ1v) is 6.09. The fourth-order valence-electron chi connectivity index (χ4n) is 2.19. The van der Waals surface area contributed by atoms with E-state index in [2.05, 4.69) is 32.0 Å². The molecule has 2 aromatic carbocycles. The third kappa shape index (κ3) is 2.39. The molecule has 0 saturated heterocycles. The van der Waals surface area contributed by atoms with Gasteiger partial charge in [-0.25, -0.2) is 0 Å². The molecular weight excluding hydrogens is 222 g/mol. The molecule has 0 aliphatic heterocycles. The van der Waals surface area contributed by atoms with Crippen molar-refractivity contribution in [2.45, 2.75) is 19.9 Å². The zero-order valence-electron chi connectivity index (χ0n) is 11.1. The maximum absolute atomic E-state index is 6.38. The van der Waals surface area contributed by atoms with Gasteiger partial charge in [0.25, 0.3) is 0 Å². The smallest absolute Gasteiger partial charge is 0.123 e. The number of rotatable bonds is 3. The number of hydrogen-bond acceptors (Lipinski definition) is 2. The molecule has 94 valence electrons. The molecule has 2 aromatic rings. The van der Waals surface area contributed by atoms with E-state index in [1.807, 2.05) is 24.3 Å². The number of nitrogens with two attached hydrogens (primary N) is 1. The van der Waals surface area contributed by atoms with Gasteiger partial charge >= 0.3 is 0 Å². The summed E-state index contributed by atoms with van der Waals surface area (Å²) < 4.78 is 5.38. The monoisotopic (exact) mass is 241 g/mol. The molecule has 2 heteroatoms. The van der Waals surface area contributed by atoms with Crippen molar-refractivity contribution in [1.82, 2.24) is 0 Å². The molecule has 0 fully saturated rings. The molecule has 0 spiro atoms. The summed E-state index contributed by atoms with van der Waals surface area (Å²) >= 11 is 0. The summed E-state index contributed by atoms with van der Waals surface area (Å²) in [5, 5.41) is 0. The number of aryl methyl sites for hydroxylation is 2. The number of methoxy groups -OCH3 is 1. The zero-order chi connectivity index (χ0) is 13.1. The highest BCUT2D eigenvalue weighted by molar-refractivity contribution is 5.44. The molecule has 2 rings (SSSR count). The van der Waals surface area contributed by atoms with Crippen molar-refractivity contribution in [1.29, 1.82) is 0 Å². The third-order valence-electron chi connectivity index (χ3n) is 3.24. The van der Waals surface area contributed by atoms with Gasteiger partial charge in [0.1, 0.15) is 5.75 Å². The van der Waals surface area contributed by atoms with Crippen LogP contribution in [-0.2, 0) is 0 Å². The van der Waals surface area contributed by atoms with Crippen LogP contribution in [0.1, 0.15) is 28.3 Å². The Morgan fingerprint density at radius 3 is 2.44 bits per heavy atom. The molecule has 2 N–H and O–H groups in total. The van der Waals surface area contributed by atoms with Crippen molar-refractivity contribution in [3.05, 3.63) is 64.7 Å². The van der Waals surface area contributed by atoms with Gasteiger partial charge in [0, 0.05) is 5.56 Å². The molecule has 0 aromatic heterocycles. The quantitative estimate of drug-likeness (QED) is 0.894. The number of para-hydroxylation sites is 1. The molecule has 0 bridgehead atoms. The Morgan fingerprint density at radius 2 is 1.72 bits per heavy atom. The molecule has 1 unspecified atom stereocenters. The summed E-state index contributed by atoms with van der Waals surface area (Å²) in [6, 6.07) is 14.1. The summed E-state index contributed by atoms with van der Waals surface area (Å²) in [6.45, 7) is 4.17. The Hall–Kier alpha value is -1.80. The first kappa shape index (κ1) is 12.7. The highest BCUT2D eigenvalue weighted by Crippen LogP contribution is 2.29. The lowest BCUT2D eigenvalue weighted by Gasteiger charge is -2.18. The molecule has 0 heterocycles. The average Bonchev–Trinajstić information content (AvgIpc) is 2.40. The fourth-order valence-corrected chi connectivity index (χ4v) is 2.19. The van der Waals surface area contributed by atoms with Crippen molar-refractivity contribution in [3.63, 3.8) is 0 Å². The van der Waals surface area contributed by atoms with Crippen LogP contribution in [0, 0.1) is 13.8 Å². The maximum atomic E-state index is 6.38. The van der Waals surface area contributed by atoms with Crippen molar-refractivity contribution < 1.29 is 4.74 Å². The van der Waals surface area contributed by atoms with Crippen molar-refractivity contribution in [2.75, 3.05) is 7.11 Å². The molecule has 2 nitrogen and oxygen atoms in total. The molecule has 0 aliphatic carbocycles. The van der Waals surface area contributed by atoms with E-state index in [0.29, 0.717) is 0 Å². The van der Waals surface area contributed by atoms with Crippen molar-refractivity contribution in [2.24, 2.45) is 5.73 Å². The summed E-state index contributed by atoms with van der Waals surface area (Å²) in [7, 11) is 1.68. The van der Waals surface area contributed by atoms with Crippen LogP contribution in [0.4, 0.5) is 0 Å². The Morgan fingerprint density at radius 1 is 1.00 bits per heavy atom. The van der Waals surface area contributed by atoms with Crippen LogP contribution in [0.3, 0.4) is 0 Å². The van der Waals surface area contributed by atoms with Crippen LogP contribution >= 0.6 is 0 Å². The van der Waals surface area contributed by atoms with Crippen LogP contribution in [0.15, 0.2) is 42.5 Å². The second kappa shape index (κ2) is 5.23. The third-order valence-corrected chi connectivity index (χ3v) is 3.24. The van der Waals surface area contributed by atoms with E-state index < -0.39 is 0 Å². The second-order valence-corrected chi connectivity index (χ2v) is 4.58. The number of ether oxygens (including phenoxy) is 1.